The molecule has 0 heterocycles. The second-order valence-corrected chi connectivity index (χ2v) is 3.94. The van der Waals surface area contributed by atoms with E-state index in [9.17, 15) is 4.79 Å². The van der Waals surface area contributed by atoms with Crippen LogP contribution in [0.25, 0.3) is 0 Å². The number of aliphatic hydroxyl groups is 1. The van der Waals surface area contributed by atoms with E-state index in [1.165, 1.54) is 0 Å². The van der Waals surface area contributed by atoms with E-state index in [0.29, 0.717) is 19.6 Å². The lowest BCUT2D eigenvalue weighted by Gasteiger charge is -2.09. The average molecular weight is 237 g/mol. The minimum Gasteiger partial charge on any atom is -0.493 e. The van der Waals surface area contributed by atoms with Gasteiger partial charge in [0.2, 0.25) is 5.91 Å². The Morgan fingerprint density at radius 2 is 2.18 bits per heavy atom. The van der Waals surface area contributed by atoms with Gasteiger partial charge in [-0.05, 0) is 31.0 Å². The first-order chi connectivity index (χ1) is 8.13. The number of carbonyl (C=O) groups excluding carboxylic acids is 1. The number of carbonyl (C=O) groups is 1. The highest BCUT2D eigenvalue weighted by molar-refractivity contribution is 5.75. The van der Waals surface area contributed by atoms with E-state index in [0.717, 1.165) is 16.9 Å². The van der Waals surface area contributed by atoms with Crippen molar-refractivity contribution in [1.29, 1.82) is 0 Å². The summed E-state index contributed by atoms with van der Waals surface area (Å²) in [6.45, 7) is 4.58. The van der Waals surface area contributed by atoms with Crippen molar-refractivity contribution in [2.45, 2.75) is 20.3 Å². The molecule has 0 aliphatic rings. The number of benzene rings is 1. The summed E-state index contributed by atoms with van der Waals surface area (Å²) in [5, 5.41) is 11.1. The van der Waals surface area contributed by atoms with Crippen LogP contribution in [0, 0.1) is 13.8 Å². The quantitative estimate of drug-likeness (QED) is 0.781. The van der Waals surface area contributed by atoms with Crippen LogP contribution in [0.15, 0.2) is 18.2 Å². The minimum absolute atomic E-state index is 0.0381. The molecule has 2 N–H and O–H groups in total. The van der Waals surface area contributed by atoms with Gasteiger partial charge in [0.15, 0.2) is 0 Å². The van der Waals surface area contributed by atoms with Crippen LogP contribution in [0.3, 0.4) is 0 Å². The maximum Gasteiger partial charge on any atom is 0.223 e. The molecule has 17 heavy (non-hydrogen) atoms. The molecule has 0 fully saturated rings. The van der Waals surface area contributed by atoms with E-state index in [2.05, 4.69) is 5.32 Å². The molecule has 1 rings (SSSR count). The fourth-order valence-corrected chi connectivity index (χ4v) is 1.40. The van der Waals surface area contributed by atoms with Gasteiger partial charge in [0, 0.05) is 6.54 Å². The van der Waals surface area contributed by atoms with Gasteiger partial charge in [-0.25, -0.2) is 0 Å². The number of nitrogens with one attached hydrogen (secondary N) is 1. The molecule has 1 amide bonds. The normalized spacial score (nSPS) is 10.1. The van der Waals surface area contributed by atoms with Gasteiger partial charge in [0.05, 0.1) is 19.6 Å². The lowest BCUT2D eigenvalue weighted by molar-refractivity contribution is -0.121. The van der Waals surface area contributed by atoms with Gasteiger partial charge < -0.3 is 15.2 Å². The first kappa shape index (κ1) is 13.5. The minimum atomic E-state index is -0.107. The van der Waals surface area contributed by atoms with E-state index >= 15 is 0 Å². The van der Waals surface area contributed by atoms with Crippen LogP contribution < -0.4 is 10.1 Å². The summed E-state index contributed by atoms with van der Waals surface area (Å²) in [6, 6.07) is 5.98. The van der Waals surface area contributed by atoms with Gasteiger partial charge in [-0.3, -0.25) is 4.79 Å². The molecule has 0 saturated heterocycles. The SMILES string of the molecule is Cc1ccc(C)c(OCCC(=O)NCCO)c1. The molecule has 0 bridgehead atoms. The summed E-state index contributed by atoms with van der Waals surface area (Å²) in [6.07, 6.45) is 0.299. The summed E-state index contributed by atoms with van der Waals surface area (Å²) >= 11 is 0. The van der Waals surface area contributed by atoms with Crippen molar-refractivity contribution >= 4 is 5.91 Å². The van der Waals surface area contributed by atoms with Gasteiger partial charge in [-0.15, -0.1) is 0 Å². The zero-order valence-corrected chi connectivity index (χ0v) is 10.3. The largest absolute Gasteiger partial charge is 0.493 e. The third-order valence-corrected chi connectivity index (χ3v) is 2.36. The van der Waals surface area contributed by atoms with Crippen molar-refractivity contribution in [3.05, 3.63) is 29.3 Å². The van der Waals surface area contributed by atoms with E-state index < -0.39 is 0 Å². The molecule has 1 aromatic rings. The van der Waals surface area contributed by atoms with E-state index in [1.807, 2.05) is 32.0 Å². The zero-order valence-electron chi connectivity index (χ0n) is 10.3. The van der Waals surface area contributed by atoms with Crippen molar-refractivity contribution in [2.75, 3.05) is 19.8 Å². The number of amides is 1. The van der Waals surface area contributed by atoms with Gasteiger partial charge in [-0.1, -0.05) is 12.1 Å². The van der Waals surface area contributed by atoms with E-state index in [4.69, 9.17) is 9.84 Å². The molecular weight excluding hydrogens is 218 g/mol. The Kier molecular flexibility index (Phi) is 5.49. The molecule has 1 aromatic carbocycles. The second-order valence-electron chi connectivity index (χ2n) is 3.94. The smallest absolute Gasteiger partial charge is 0.223 e. The van der Waals surface area contributed by atoms with Crippen molar-refractivity contribution in [1.82, 2.24) is 5.32 Å². The van der Waals surface area contributed by atoms with Gasteiger partial charge in [-0.2, -0.15) is 0 Å². The summed E-state index contributed by atoms with van der Waals surface area (Å²) in [5.74, 6) is 0.712. The number of hydrogen-bond acceptors (Lipinski definition) is 3. The molecule has 94 valence electrons. The van der Waals surface area contributed by atoms with Gasteiger partial charge in [0.1, 0.15) is 5.75 Å². The summed E-state index contributed by atoms with van der Waals surface area (Å²) < 4.78 is 5.54. The number of ether oxygens (including phenoxy) is 1. The first-order valence-electron chi connectivity index (χ1n) is 5.71. The molecule has 0 aromatic heterocycles. The predicted octanol–water partition coefficient (Wildman–Crippen LogP) is 1.18. The van der Waals surface area contributed by atoms with E-state index in [1.54, 1.807) is 0 Å². The Morgan fingerprint density at radius 3 is 2.88 bits per heavy atom. The summed E-state index contributed by atoms with van der Waals surface area (Å²) in [4.78, 5) is 11.2. The zero-order chi connectivity index (χ0) is 12.7. The van der Waals surface area contributed by atoms with Crippen molar-refractivity contribution in [3.8, 4) is 5.75 Å². The number of aryl methyl sites for hydroxylation is 2. The third kappa shape index (κ3) is 4.87. The third-order valence-electron chi connectivity index (χ3n) is 2.36. The van der Waals surface area contributed by atoms with Crippen LogP contribution in [0.1, 0.15) is 17.5 Å². The molecule has 0 radical (unpaired) electrons. The van der Waals surface area contributed by atoms with Gasteiger partial charge >= 0.3 is 0 Å². The lowest BCUT2D eigenvalue weighted by atomic mass is 10.1. The Morgan fingerprint density at radius 1 is 1.41 bits per heavy atom. The molecule has 4 nitrogen and oxygen atoms in total. The fourth-order valence-electron chi connectivity index (χ4n) is 1.40. The summed E-state index contributed by atoms with van der Waals surface area (Å²) in [5.41, 5.74) is 2.20. The Hall–Kier alpha value is -1.55. The van der Waals surface area contributed by atoms with Crippen LogP contribution in [0.2, 0.25) is 0 Å². The molecule has 0 unspecified atom stereocenters. The fraction of sp³-hybridized carbons (Fsp3) is 0.462. The second kappa shape index (κ2) is 6.91. The lowest BCUT2D eigenvalue weighted by Crippen LogP contribution is -2.27. The van der Waals surface area contributed by atoms with Crippen molar-refractivity contribution in [3.63, 3.8) is 0 Å². The molecular formula is C13H19NO3. The molecule has 0 aliphatic carbocycles. The monoisotopic (exact) mass is 237 g/mol. The highest BCUT2D eigenvalue weighted by Crippen LogP contribution is 2.18. The molecule has 0 aliphatic heterocycles. The van der Waals surface area contributed by atoms with E-state index in [-0.39, 0.29) is 12.5 Å². The summed E-state index contributed by atoms with van der Waals surface area (Å²) in [7, 11) is 0. The van der Waals surface area contributed by atoms with Crippen LogP contribution in [-0.4, -0.2) is 30.8 Å². The van der Waals surface area contributed by atoms with Crippen molar-refractivity contribution in [2.24, 2.45) is 0 Å². The highest BCUT2D eigenvalue weighted by atomic mass is 16.5. The van der Waals surface area contributed by atoms with Gasteiger partial charge in [0.25, 0.3) is 0 Å². The molecule has 0 saturated carbocycles. The topological polar surface area (TPSA) is 58.6 Å². The Bertz CT molecular complexity index is 377. The molecule has 4 heteroatoms. The average Bonchev–Trinajstić information content (AvgIpc) is 2.31. The van der Waals surface area contributed by atoms with Crippen molar-refractivity contribution < 1.29 is 14.6 Å². The number of hydrogen-bond donors (Lipinski definition) is 2. The standard InChI is InChI=1S/C13H19NO3/c1-10-3-4-11(2)12(9-10)17-8-5-13(16)14-6-7-15/h3-4,9,15H,5-8H2,1-2H3,(H,14,16). The van der Waals surface area contributed by atoms with Crippen LogP contribution in [0.5, 0.6) is 5.75 Å². The number of rotatable bonds is 6. The molecule has 0 atom stereocenters. The predicted molar refractivity (Wildman–Crippen MR) is 66.1 cm³/mol. The Labute approximate surface area is 102 Å². The van der Waals surface area contributed by atoms with Crippen LogP contribution in [-0.2, 0) is 4.79 Å². The molecule has 0 spiro atoms. The maximum atomic E-state index is 11.2. The van der Waals surface area contributed by atoms with Crippen LogP contribution >= 0.6 is 0 Å². The maximum absolute atomic E-state index is 11.2. The Balaban J connectivity index is 2.35. The van der Waals surface area contributed by atoms with Crippen LogP contribution in [0.4, 0.5) is 0 Å². The first-order valence-corrected chi connectivity index (χ1v) is 5.71. The highest BCUT2D eigenvalue weighted by Gasteiger charge is 2.03. The number of aliphatic hydroxyl groups excluding tert-OH is 1.